The molecule has 2 heterocycles. The quantitative estimate of drug-likeness (QED) is 0.788. The fraction of sp³-hybridized carbons (Fsp3) is 0.300. The highest BCUT2D eigenvalue weighted by Gasteiger charge is 2.06. The number of nitrogens with two attached hydrogens (primary N) is 1. The van der Waals surface area contributed by atoms with Crippen molar-refractivity contribution in [2.24, 2.45) is 5.73 Å². The predicted molar refractivity (Wildman–Crippen MR) is 56.0 cm³/mol. The van der Waals surface area contributed by atoms with E-state index in [-0.39, 0.29) is 0 Å². The highest BCUT2D eigenvalue weighted by Crippen LogP contribution is 2.05. The second kappa shape index (κ2) is 4.18. The van der Waals surface area contributed by atoms with E-state index in [1.54, 1.807) is 6.20 Å². The minimum Gasteiger partial charge on any atom is -0.325 e. The molecule has 0 bridgehead atoms. The number of hydrogen-bond acceptors (Lipinski definition) is 4. The van der Waals surface area contributed by atoms with Gasteiger partial charge in [0.1, 0.15) is 0 Å². The molecule has 0 amide bonds. The Labute approximate surface area is 87.9 Å². The molecule has 0 unspecified atom stereocenters. The van der Waals surface area contributed by atoms with E-state index in [4.69, 9.17) is 5.73 Å². The van der Waals surface area contributed by atoms with Gasteiger partial charge in [-0.25, -0.2) is 4.68 Å². The summed E-state index contributed by atoms with van der Waals surface area (Å²) < 4.78 is 1.81. The number of aromatic nitrogens is 4. The van der Waals surface area contributed by atoms with Gasteiger partial charge in [0.2, 0.25) is 0 Å². The summed E-state index contributed by atoms with van der Waals surface area (Å²) in [7, 11) is 0. The molecular formula is C10H13N5. The average Bonchev–Trinajstić information content (AvgIpc) is 2.62. The van der Waals surface area contributed by atoms with Crippen LogP contribution in [-0.4, -0.2) is 20.0 Å². The molecule has 78 valence electrons. The summed E-state index contributed by atoms with van der Waals surface area (Å²) in [4.78, 5) is 4.23. The molecule has 0 spiro atoms. The van der Waals surface area contributed by atoms with Crippen molar-refractivity contribution >= 4 is 0 Å². The summed E-state index contributed by atoms with van der Waals surface area (Å²) in [6, 6.07) is 5.81. The van der Waals surface area contributed by atoms with E-state index in [1.165, 1.54) is 0 Å². The van der Waals surface area contributed by atoms with E-state index in [9.17, 15) is 0 Å². The van der Waals surface area contributed by atoms with Crippen molar-refractivity contribution in [3.8, 4) is 0 Å². The molecule has 0 radical (unpaired) electrons. The average molecular weight is 203 g/mol. The molecule has 0 saturated carbocycles. The summed E-state index contributed by atoms with van der Waals surface area (Å²) in [5, 5.41) is 8.02. The molecule has 0 atom stereocenters. The fourth-order valence-corrected chi connectivity index (χ4v) is 1.38. The lowest BCUT2D eigenvalue weighted by Crippen LogP contribution is -2.06. The van der Waals surface area contributed by atoms with Gasteiger partial charge in [-0.1, -0.05) is 11.3 Å². The van der Waals surface area contributed by atoms with Gasteiger partial charge in [0.05, 0.1) is 23.6 Å². The van der Waals surface area contributed by atoms with Crippen LogP contribution < -0.4 is 5.73 Å². The van der Waals surface area contributed by atoms with Crippen LogP contribution in [-0.2, 0) is 13.1 Å². The van der Waals surface area contributed by atoms with Crippen molar-refractivity contribution in [3.63, 3.8) is 0 Å². The first-order valence-electron chi connectivity index (χ1n) is 4.80. The van der Waals surface area contributed by atoms with Crippen LogP contribution in [0, 0.1) is 6.92 Å². The molecule has 2 N–H and O–H groups in total. The van der Waals surface area contributed by atoms with Crippen LogP contribution >= 0.6 is 0 Å². The highest BCUT2D eigenvalue weighted by molar-refractivity contribution is 5.10. The van der Waals surface area contributed by atoms with Crippen molar-refractivity contribution in [2.75, 3.05) is 0 Å². The number of nitrogens with zero attached hydrogens (tertiary/aromatic N) is 4. The molecular weight excluding hydrogens is 190 g/mol. The van der Waals surface area contributed by atoms with Crippen LogP contribution in [0.4, 0.5) is 0 Å². The number of rotatable bonds is 3. The SMILES string of the molecule is Cc1c(CN)nnn1Cc1ccccn1. The van der Waals surface area contributed by atoms with E-state index in [0.29, 0.717) is 13.1 Å². The van der Waals surface area contributed by atoms with Gasteiger partial charge < -0.3 is 5.73 Å². The first kappa shape index (κ1) is 9.79. The first-order chi connectivity index (χ1) is 7.31. The second-order valence-electron chi connectivity index (χ2n) is 3.30. The van der Waals surface area contributed by atoms with Crippen LogP contribution in [0.3, 0.4) is 0 Å². The van der Waals surface area contributed by atoms with Gasteiger partial charge in [0.25, 0.3) is 0 Å². The summed E-state index contributed by atoms with van der Waals surface area (Å²) in [5.74, 6) is 0. The molecule has 0 aromatic carbocycles. The first-order valence-corrected chi connectivity index (χ1v) is 4.80. The summed E-state index contributed by atoms with van der Waals surface area (Å²) in [6.45, 7) is 3.03. The smallest absolute Gasteiger partial charge is 0.0991 e. The Morgan fingerprint density at radius 3 is 2.87 bits per heavy atom. The third-order valence-electron chi connectivity index (χ3n) is 2.31. The van der Waals surface area contributed by atoms with E-state index in [0.717, 1.165) is 17.1 Å². The molecule has 5 nitrogen and oxygen atoms in total. The van der Waals surface area contributed by atoms with Crippen molar-refractivity contribution in [3.05, 3.63) is 41.5 Å². The third-order valence-corrected chi connectivity index (χ3v) is 2.31. The van der Waals surface area contributed by atoms with Crippen LogP contribution in [0.25, 0.3) is 0 Å². The van der Waals surface area contributed by atoms with Crippen molar-refractivity contribution < 1.29 is 0 Å². The standard InChI is InChI=1S/C10H13N5/c1-8-10(6-11)13-14-15(8)7-9-4-2-3-5-12-9/h2-5H,6-7,11H2,1H3. The molecule has 0 aliphatic heterocycles. The van der Waals surface area contributed by atoms with Gasteiger partial charge >= 0.3 is 0 Å². The number of pyridine rings is 1. The minimum absolute atomic E-state index is 0.425. The van der Waals surface area contributed by atoms with E-state index in [2.05, 4.69) is 15.3 Å². The highest BCUT2D eigenvalue weighted by atomic mass is 15.4. The lowest BCUT2D eigenvalue weighted by Gasteiger charge is -2.02. The zero-order valence-corrected chi connectivity index (χ0v) is 8.59. The monoisotopic (exact) mass is 203 g/mol. The van der Waals surface area contributed by atoms with Crippen molar-refractivity contribution in [1.29, 1.82) is 0 Å². The molecule has 2 aromatic heterocycles. The fourth-order valence-electron chi connectivity index (χ4n) is 1.38. The van der Waals surface area contributed by atoms with E-state index < -0.39 is 0 Å². The van der Waals surface area contributed by atoms with Gasteiger partial charge in [0.15, 0.2) is 0 Å². The summed E-state index contributed by atoms with van der Waals surface area (Å²) >= 11 is 0. The summed E-state index contributed by atoms with van der Waals surface area (Å²) in [6.07, 6.45) is 1.77. The molecule has 0 saturated heterocycles. The van der Waals surface area contributed by atoms with Gasteiger partial charge in [-0.3, -0.25) is 4.98 Å². The number of hydrogen-bond donors (Lipinski definition) is 1. The molecule has 0 fully saturated rings. The normalized spacial score (nSPS) is 10.5. The molecule has 2 aromatic rings. The lowest BCUT2D eigenvalue weighted by atomic mass is 10.3. The Kier molecular flexibility index (Phi) is 2.73. The van der Waals surface area contributed by atoms with Crippen LogP contribution in [0.15, 0.2) is 24.4 Å². The van der Waals surface area contributed by atoms with Crippen LogP contribution in [0.2, 0.25) is 0 Å². The van der Waals surface area contributed by atoms with E-state index in [1.807, 2.05) is 29.8 Å². The van der Waals surface area contributed by atoms with Gasteiger partial charge in [-0.05, 0) is 19.1 Å². The Bertz CT molecular complexity index is 434. The molecule has 0 aliphatic rings. The third kappa shape index (κ3) is 2.02. The lowest BCUT2D eigenvalue weighted by molar-refractivity contribution is 0.623. The van der Waals surface area contributed by atoms with Crippen LogP contribution in [0.5, 0.6) is 0 Å². The molecule has 2 rings (SSSR count). The largest absolute Gasteiger partial charge is 0.325 e. The molecule has 15 heavy (non-hydrogen) atoms. The van der Waals surface area contributed by atoms with Gasteiger partial charge in [-0.15, -0.1) is 5.10 Å². The van der Waals surface area contributed by atoms with Gasteiger partial charge in [-0.2, -0.15) is 0 Å². The van der Waals surface area contributed by atoms with E-state index >= 15 is 0 Å². The molecule has 0 aliphatic carbocycles. The second-order valence-corrected chi connectivity index (χ2v) is 3.30. The van der Waals surface area contributed by atoms with Crippen molar-refractivity contribution in [2.45, 2.75) is 20.0 Å². The summed E-state index contributed by atoms with van der Waals surface area (Å²) in [5.41, 5.74) is 8.33. The Morgan fingerprint density at radius 1 is 1.40 bits per heavy atom. The predicted octanol–water partition coefficient (Wildman–Crippen LogP) is 0.489. The maximum atomic E-state index is 5.53. The zero-order valence-electron chi connectivity index (χ0n) is 8.59. The minimum atomic E-state index is 0.425. The van der Waals surface area contributed by atoms with Crippen LogP contribution in [0.1, 0.15) is 17.1 Å². The van der Waals surface area contributed by atoms with Crippen molar-refractivity contribution in [1.82, 2.24) is 20.0 Å². The zero-order chi connectivity index (χ0) is 10.7. The maximum absolute atomic E-state index is 5.53. The van der Waals surface area contributed by atoms with Gasteiger partial charge in [0, 0.05) is 12.7 Å². The topological polar surface area (TPSA) is 69.6 Å². The molecule has 5 heteroatoms. The Balaban J connectivity index is 2.21. The Hall–Kier alpha value is -1.75. The maximum Gasteiger partial charge on any atom is 0.0991 e. The Morgan fingerprint density at radius 2 is 2.27 bits per heavy atom.